The molecule has 3 amide bonds. The van der Waals surface area contributed by atoms with E-state index in [1.807, 2.05) is 29.3 Å². The van der Waals surface area contributed by atoms with Gasteiger partial charge in [-0.05, 0) is 38.3 Å². The summed E-state index contributed by atoms with van der Waals surface area (Å²) in [5.41, 5.74) is 1.26. The molecule has 2 heterocycles. The number of hydrazine groups is 1. The van der Waals surface area contributed by atoms with Gasteiger partial charge in [0.2, 0.25) is 5.91 Å². The molecule has 0 aliphatic carbocycles. The molecule has 8 heteroatoms. The lowest BCUT2D eigenvalue weighted by Gasteiger charge is -2.28. The first-order chi connectivity index (χ1) is 13.7. The van der Waals surface area contributed by atoms with E-state index in [0.29, 0.717) is 13.1 Å². The van der Waals surface area contributed by atoms with Gasteiger partial charge in [-0.15, -0.1) is 0 Å². The van der Waals surface area contributed by atoms with Crippen LogP contribution in [0, 0.1) is 5.92 Å². The summed E-state index contributed by atoms with van der Waals surface area (Å²) in [4.78, 5) is 37.8. The first-order valence-corrected chi connectivity index (χ1v) is 10.1. The fourth-order valence-electron chi connectivity index (χ4n) is 3.58. The van der Waals surface area contributed by atoms with Crippen LogP contribution in [0.25, 0.3) is 0 Å². The Morgan fingerprint density at radius 3 is 2.69 bits per heavy atom. The molecule has 158 valence electrons. The van der Waals surface area contributed by atoms with Crippen LogP contribution in [0.5, 0.6) is 0 Å². The van der Waals surface area contributed by atoms with Crippen molar-refractivity contribution in [1.82, 2.24) is 20.7 Å². The van der Waals surface area contributed by atoms with E-state index in [-0.39, 0.29) is 18.4 Å². The van der Waals surface area contributed by atoms with E-state index >= 15 is 0 Å². The topological polar surface area (TPSA) is 91.0 Å². The monoisotopic (exact) mass is 402 g/mol. The normalized spacial score (nSPS) is 20.3. The average Bonchev–Trinajstić information content (AvgIpc) is 3.07. The van der Waals surface area contributed by atoms with Crippen molar-refractivity contribution in [1.29, 1.82) is 0 Å². The minimum atomic E-state index is -0.731. The maximum Gasteiger partial charge on any atom is 0.407 e. The summed E-state index contributed by atoms with van der Waals surface area (Å²) >= 11 is 0. The van der Waals surface area contributed by atoms with Gasteiger partial charge in [0.25, 0.3) is 5.91 Å². The molecule has 2 aliphatic heterocycles. The van der Waals surface area contributed by atoms with Crippen LogP contribution in [-0.4, -0.2) is 53.2 Å². The molecule has 0 bridgehead atoms. The number of nitrogens with one attached hydrogen (secondary N) is 2. The molecule has 0 unspecified atom stereocenters. The molecule has 0 spiro atoms. The Labute approximate surface area is 171 Å². The first kappa shape index (κ1) is 21.1. The van der Waals surface area contributed by atoms with Crippen molar-refractivity contribution in [3.8, 4) is 0 Å². The molecule has 1 fully saturated rings. The van der Waals surface area contributed by atoms with Crippen LogP contribution in [0.15, 0.2) is 24.3 Å². The van der Waals surface area contributed by atoms with Crippen LogP contribution < -0.4 is 10.6 Å². The van der Waals surface area contributed by atoms with Crippen molar-refractivity contribution in [3.05, 3.63) is 35.4 Å². The van der Waals surface area contributed by atoms with Gasteiger partial charge in [0.15, 0.2) is 0 Å². The lowest BCUT2D eigenvalue weighted by molar-refractivity contribution is -0.148. The largest absolute Gasteiger partial charge is 0.444 e. The molecule has 2 atom stereocenters. The molecule has 0 radical (unpaired) electrons. The van der Waals surface area contributed by atoms with Crippen LogP contribution in [0.3, 0.4) is 0 Å². The smallest absolute Gasteiger partial charge is 0.407 e. The maximum atomic E-state index is 13.2. The molecule has 2 aliphatic rings. The number of hydrogen-bond acceptors (Lipinski definition) is 5. The van der Waals surface area contributed by atoms with Gasteiger partial charge < -0.3 is 15.4 Å². The third-order valence-electron chi connectivity index (χ3n) is 5.03. The Morgan fingerprint density at radius 2 is 1.97 bits per heavy atom. The van der Waals surface area contributed by atoms with Crippen LogP contribution >= 0.6 is 0 Å². The zero-order valence-corrected chi connectivity index (χ0v) is 17.5. The molecule has 8 nitrogen and oxygen atoms in total. The number of carbonyl (C=O) groups is 3. The maximum absolute atomic E-state index is 13.2. The van der Waals surface area contributed by atoms with E-state index in [9.17, 15) is 14.4 Å². The Hall–Kier alpha value is -2.61. The van der Waals surface area contributed by atoms with E-state index < -0.39 is 23.7 Å². The molecular weight excluding hydrogens is 372 g/mol. The lowest BCUT2D eigenvalue weighted by Crippen LogP contribution is -2.47. The highest BCUT2D eigenvalue weighted by molar-refractivity contribution is 5.90. The van der Waals surface area contributed by atoms with Gasteiger partial charge in [-0.3, -0.25) is 14.6 Å². The Kier molecular flexibility index (Phi) is 6.12. The molecule has 3 rings (SSSR count). The molecular formula is C21H30N4O4. The summed E-state index contributed by atoms with van der Waals surface area (Å²) in [6.45, 7) is 9.31. The van der Waals surface area contributed by atoms with Crippen molar-refractivity contribution in [3.63, 3.8) is 0 Å². The zero-order chi connectivity index (χ0) is 21.2. The quantitative estimate of drug-likeness (QED) is 0.804. The third-order valence-corrected chi connectivity index (χ3v) is 5.03. The number of fused-ring (bicyclic) bond motifs is 2. The minimum absolute atomic E-state index is 0.117. The highest BCUT2D eigenvalue weighted by Crippen LogP contribution is 2.29. The highest BCUT2D eigenvalue weighted by atomic mass is 16.6. The number of nitrogens with zero attached hydrogens (tertiary/aromatic N) is 2. The second kappa shape index (κ2) is 8.41. The molecule has 0 aromatic heterocycles. The van der Waals surface area contributed by atoms with Gasteiger partial charge >= 0.3 is 6.09 Å². The Morgan fingerprint density at radius 1 is 1.24 bits per heavy atom. The van der Waals surface area contributed by atoms with E-state index in [2.05, 4.69) is 10.6 Å². The number of benzene rings is 1. The zero-order valence-electron chi connectivity index (χ0n) is 17.5. The van der Waals surface area contributed by atoms with Crippen molar-refractivity contribution < 1.29 is 19.1 Å². The summed E-state index contributed by atoms with van der Waals surface area (Å²) in [7, 11) is 0. The number of hydrogen-bond donors (Lipinski definition) is 2. The van der Waals surface area contributed by atoms with Gasteiger partial charge in [0.1, 0.15) is 11.6 Å². The van der Waals surface area contributed by atoms with Crippen LogP contribution in [-0.2, 0) is 20.9 Å². The van der Waals surface area contributed by atoms with E-state index in [0.717, 1.165) is 24.1 Å². The van der Waals surface area contributed by atoms with Gasteiger partial charge in [-0.25, -0.2) is 9.80 Å². The van der Waals surface area contributed by atoms with Gasteiger partial charge in [-0.2, -0.15) is 0 Å². The van der Waals surface area contributed by atoms with Gasteiger partial charge in [0, 0.05) is 26.2 Å². The SMILES string of the molecule is C[C@H](CNC(=O)OC(C)(C)C)C(=O)N[C@@H]1C(=O)N2CCCN2Cc2ccccc21. The van der Waals surface area contributed by atoms with Crippen molar-refractivity contribution in [2.75, 3.05) is 19.6 Å². The van der Waals surface area contributed by atoms with Crippen LogP contribution in [0.2, 0.25) is 0 Å². The molecule has 29 heavy (non-hydrogen) atoms. The Bertz CT molecular complexity index is 789. The second-order valence-corrected chi connectivity index (χ2v) is 8.63. The minimum Gasteiger partial charge on any atom is -0.444 e. The predicted molar refractivity (Wildman–Crippen MR) is 107 cm³/mol. The van der Waals surface area contributed by atoms with Crippen molar-refractivity contribution >= 4 is 17.9 Å². The van der Waals surface area contributed by atoms with Crippen LogP contribution in [0.4, 0.5) is 4.79 Å². The van der Waals surface area contributed by atoms with E-state index in [1.54, 1.807) is 32.7 Å². The molecule has 1 aromatic carbocycles. The number of alkyl carbamates (subject to hydrolysis) is 1. The number of amides is 3. The fraction of sp³-hybridized carbons (Fsp3) is 0.571. The highest BCUT2D eigenvalue weighted by Gasteiger charge is 2.38. The summed E-state index contributed by atoms with van der Waals surface area (Å²) < 4.78 is 5.20. The number of carbonyl (C=O) groups excluding carboxylic acids is 3. The molecule has 2 N–H and O–H groups in total. The van der Waals surface area contributed by atoms with E-state index in [4.69, 9.17) is 4.74 Å². The summed E-state index contributed by atoms with van der Waals surface area (Å²) in [6.07, 6.45) is 0.353. The first-order valence-electron chi connectivity index (χ1n) is 10.1. The van der Waals surface area contributed by atoms with Crippen molar-refractivity contribution in [2.45, 2.75) is 52.3 Å². The van der Waals surface area contributed by atoms with E-state index in [1.165, 1.54) is 0 Å². The average molecular weight is 402 g/mol. The number of rotatable bonds is 4. The summed E-state index contributed by atoms with van der Waals surface area (Å²) in [5, 5.41) is 9.30. The molecule has 0 saturated carbocycles. The third kappa shape index (κ3) is 5.06. The lowest BCUT2D eigenvalue weighted by atomic mass is 9.99. The molecule has 1 aromatic rings. The van der Waals surface area contributed by atoms with Crippen LogP contribution in [0.1, 0.15) is 51.3 Å². The second-order valence-electron chi connectivity index (χ2n) is 8.63. The van der Waals surface area contributed by atoms with Gasteiger partial charge in [0.05, 0.1) is 5.92 Å². The molecule has 1 saturated heterocycles. The van der Waals surface area contributed by atoms with Gasteiger partial charge in [-0.1, -0.05) is 31.2 Å². The Balaban J connectivity index is 1.68. The van der Waals surface area contributed by atoms with Crippen molar-refractivity contribution in [2.24, 2.45) is 5.92 Å². The predicted octanol–water partition coefficient (Wildman–Crippen LogP) is 1.97. The standard InChI is InChI=1S/C21H30N4O4/c1-14(12-22-20(28)29-21(2,3)4)18(26)23-17-16-9-6-5-8-15(16)13-24-10-7-11-25(24)19(17)27/h5-6,8-9,14,17H,7,10-13H2,1-4H3,(H,22,28)(H,23,26)/t14-,17+/m1/s1. The number of ether oxygens (including phenoxy) is 1. The summed E-state index contributed by atoms with van der Waals surface area (Å²) in [5.74, 6) is -0.921. The summed E-state index contributed by atoms with van der Waals surface area (Å²) in [6, 6.07) is 6.99. The fourth-order valence-corrected chi connectivity index (χ4v) is 3.58.